The molecule has 0 spiro atoms. The Balaban J connectivity index is 1.57. The Bertz CT molecular complexity index is 1080. The number of nitrogens with zero attached hydrogens (tertiary/aromatic N) is 1. The highest BCUT2D eigenvalue weighted by atomic mass is 19.1. The third-order valence-electron chi connectivity index (χ3n) is 3.93. The first-order valence-electron chi connectivity index (χ1n) is 8.07. The highest BCUT2D eigenvalue weighted by Gasteiger charge is 2.28. The van der Waals surface area contributed by atoms with E-state index in [2.05, 4.69) is 4.98 Å². The van der Waals surface area contributed by atoms with Gasteiger partial charge in [0.05, 0.1) is 11.1 Å². The number of ketones is 1. The van der Waals surface area contributed by atoms with Crippen molar-refractivity contribution in [2.75, 3.05) is 0 Å². The standard InChI is InChI=1S/C21H12FNO4/c22-17-6-2-1-5-15(17)21(25)26-14-7-8-16-18(11-14)27-19(20(16)24)10-13-4-3-9-23-12-13/h1-12H/b19-10-. The zero-order valence-electron chi connectivity index (χ0n) is 13.9. The summed E-state index contributed by atoms with van der Waals surface area (Å²) < 4.78 is 24.5. The summed E-state index contributed by atoms with van der Waals surface area (Å²) in [4.78, 5) is 28.5. The number of benzene rings is 2. The number of esters is 1. The van der Waals surface area contributed by atoms with Crippen LogP contribution in [0.15, 0.2) is 72.8 Å². The Morgan fingerprint density at radius 2 is 1.96 bits per heavy atom. The molecule has 0 N–H and O–H groups in total. The van der Waals surface area contributed by atoms with Crippen molar-refractivity contribution in [3.63, 3.8) is 0 Å². The van der Waals surface area contributed by atoms with Gasteiger partial charge in [-0.25, -0.2) is 9.18 Å². The van der Waals surface area contributed by atoms with E-state index in [1.807, 2.05) is 0 Å². The van der Waals surface area contributed by atoms with Gasteiger partial charge in [-0.2, -0.15) is 0 Å². The van der Waals surface area contributed by atoms with Crippen molar-refractivity contribution in [1.29, 1.82) is 0 Å². The van der Waals surface area contributed by atoms with Gasteiger partial charge in [0, 0.05) is 18.5 Å². The Morgan fingerprint density at radius 3 is 2.74 bits per heavy atom. The lowest BCUT2D eigenvalue weighted by atomic mass is 10.1. The Hall–Kier alpha value is -3.80. The largest absolute Gasteiger partial charge is 0.452 e. The molecule has 0 unspecified atom stereocenters. The van der Waals surface area contributed by atoms with Gasteiger partial charge in [-0.3, -0.25) is 9.78 Å². The van der Waals surface area contributed by atoms with Gasteiger partial charge in [0.25, 0.3) is 0 Å². The van der Waals surface area contributed by atoms with Crippen molar-refractivity contribution in [2.45, 2.75) is 0 Å². The molecule has 0 saturated carbocycles. The summed E-state index contributed by atoms with van der Waals surface area (Å²) in [6.07, 6.45) is 4.82. The molecular weight excluding hydrogens is 349 g/mol. The summed E-state index contributed by atoms with van der Waals surface area (Å²) in [6.45, 7) is 0. The van der Waals surface area contributed by atoms with Gasteiger partial charge in [-0.15, -0.1) is 0 Å². The predicted molar refractivity (Wildman–Crippen MR) is 95.0 cm³/mol. The Kier molecular flexibility index (Phi) is 4.22. The van der Waals surface area contributed by atoms with E-state index in [1.165, 1.54) is 36.4 Å². The van der Waals surface area contributed by atoms with Crippen LogP contribution in [0.25, 0.3) is 6.08 Å². The molecule has 5 nitrogen and oxygen atoms in total. The third-order valence-corrected chi connectivity index (χ3v) is 3.93. The number of rotatable bonds is 3. The van der Waals surface area contributed by atoms with Gasteiger partial charge in [-0.05, 0) is 42.0 Å². The van der Waals surface area contributed by atoms with Gasteiger partial charge < -0.3 is 9.47 Å². The first-order valence-corrected chi connectivity index (χ1v) is 8.07. The predicted octanol–water partition coefficient (Wildman–Crippen LogP) is 4.06. The topological polar surface area (TPSA) is 65.5 Å². The second-order valence-electron chi connectivity index (χ2n) is 5.75. The number of ether oxygens (including phenoxy) is 2. The molecule has 2 aromatic carbocycles. The van der Waals surface area contributed by atoms with Gasteiger partial charge in [0.15, 0.2) is 5.76 Å². The number of aromatic nitrogens is 1. The molecule has 2 heterocycles. The van der Waals surface area contributed by atoms with Crippen molar-refractivity contribution in [3.8, 4) is 11.5 Å². The number of allylic oxidation sites excluding steroid dienone is 1. The van der Waals surface area contributed by atoms with Crippen LogP contribution in [0.4, 0.5) is 4.39 Å². The molecule has 1 aromatic heterocycles. The molecule has 0 aliphatic carbocycles. The number of pyridine rings is 1. The molecule has 27 heavy (non-hydrogen) atoms. The van der Waals surface area contributed by atoms with Gasteiger partial charge in [-0.1, -0.05) is 18.2 Å². The molecule has 0 radical (unpaired) electrons. The van der Waals surface area contributed by atoms with Crippen molar-refractivity contribution in [2.24, 2.45) is 0 Å². The quantitative estimate of drug-likeness (QED) is 0.400. The fourth-order valence-corrected chi connectivity index (χ4v) is 2.63. The second kappa shape index (κ2) is 6.84. The molecule has 0 saturated heterocycles. The zero-order valence-corrected chi connectivity index (χ0v) is 13.9. The minimum Gasteiger partial charge on any atom is -0.452 e. The van der Waals surface area contributed by atoms with Gasteiger partial charge in [0.1, 0.15) is 17.3 Å². The number of carbonyl (C=O) groups is 2. The van der Waals surface area contributed by atoms with Crippen LogP contribution < -0.4 is 9.47 Å². The Morgan fingerprint density at radius 1 is 1.11 bits per heavy atom. The lowest BCUT2D eigenvalue weighted by molar-refractivity contribution is 0.0729. The highest BCUT2D eigenvalue weighted by Crippen LogP contribution is 2.35. The van der Waals surface area contributed by atoms with Crippen LogP contribution in [0.2, 0.25) is 0 Å². The lowest BCUT2D eigenvalue weighted by Gasteiger charge is -2.06. The first kappa shape index (κ1) is 16.7. The molecular formula is C21H12FNO4. The van der Waals surface area contributed by atoms with Gasteiger partial charge in [0.2, 0.25) is 5.78 Å². The van der Waals surface area contributed by atoms with E-state index < -0.39 is 11.8 Å². The van der Waals surface area contributed by atoms with E-state index in [1.54, 1.807) is 36.7 Å². The van der Waals surface area contributed by atoms with Crippen molar-refractivity contribution < 1.29 is 23.5 Å². The second-order valence-corrected chi connectivity index (χ2v) is 5.75. The first-order chi connectivity index (χ1) is 13.1. The lowest BCUT2D eigenvalue weighted by Crippen LogP contribution is -2.10. The molecule has 6 heteroatoms. The van der Waals surface area contributed by atoms with E-state index in [-0.39, 0.29) is 28.6 Å². The maximum atomic E-state index is 13.7. The van der Waals surface area contributed by atoms with E-state index in [9.17, 15) is 14.0 Å². The molecule has 0 amide bonds. The monoisotopic (exact) mass is 361 g/mol. The van der Waals surface area contributed by atoms with E-state index >= 15 is 0 Å². The molecule has 0 atom stereocenters. The molecule has 0 fully saturated rings. The number of hydrogen-bond donors (Lipinski definition) is 0. The van der Waals surface area contributed by atoms with Crippen LogP contribution in [-0.2, 0) is 0 Å². The third kappa shape index (κ3) is 3.32. The average Bonchev–Trinajstić information content (AvgIpc) is 2.98. The summed E-state index contributed by atoms with van der Waals surface area (Å²) in [7, 11) is 0. The molecule has 1 aliphatic rings. The number of fused-ring (bicyclic) bond motifs is 1. The SMILES string of the molecule is O=C(Oc1ccc2c(c1)O/C(=C\c1cccnc1)C2=O)c1ccccc1F. The van der Waals surface area contributed by atoms with Crippen LogP contribution in [0, 0.1) is 5.82 Å². The summed E-state index contributed by atoms with van der Waals surface area (Å²) >= 11 is 0. The van der Waals surface area contributed by atoms with E-state index in [4.69, 9.17) is 9.47 Å². The molecule has 3 aromatic rings. The fraction of sp³-hybridized carbons (Fsp3) is 0. The summed E-state index contributed by atoms with van der Waals surface area (Å²) in [6, 6.07) is 13.5. The Labute approximate surface area is 153 Å². The number of carbonyl (C=O) groups excluding carboxylic acids is 2. The highest BCUT2D eigenvalue weighted by molar-refractivity contribution is 6.14. The van der Waals surface area contributed by atoms with E-state index in [0.29, 0.717) is 5.56 Å². The summed E-state index contributed by atoms with van der Waals surface area (Å²) in [5.74, 6) is -1.21. The molecule has 0 bridgehead atoms. The van der Waals surface area contributed by atoms with Crippen LogP contribution in [0.1, 0.15) is 26.3 Å². The maximum Gasteiger partial charge on any atom is 0.346 e. The van der Waals surface area contributed by atoms with Gasteiger partial charge >= 0.3 is 5.97 Å². The van der Waals surface area contributed by atoms with Crippen LogP contribution in [0.3, 0.4) is 0 Å². The van der Waals surface area contributed by atoms with Crippen LogP contribution in [-0.4, -0.2) is 16.7 Å². The molecule has 1 aliphatic heterocycles. The smallest absolute Gasteiger partial charge is 0.346 e. The minimum absolute atomic E-state index is 0.149. The molecule has 4 rings (SSSR count). The van der Waals surface area contributed by atoms with Crippen molar-refractivity contribution in [3.05, 3.63) is 95.3 Å². The van der Waals surface area contributed by atoms with Crippen LogP contribution >= 0.6 is 0 Å². The number of hydrogen-bond acceptors (Lipinski definition) is 5. The maximum absolute atomic E-state index is 13.7. The van der Waals surface area contributed by atoms with Crippen LogP contribution in [0.5, 0.6) is 11.5 Å². The fourth-order valence-electron chi connectivity index (χ4n) is 2.63. The summed E-state index contributed by atoms with van der Waals surface area (Å²) in [5, 5.41) is 0. The zero-order chi connectivity index (χ0) is 18.8. The normalized spacial score (nSPS) is 14.0. The minimum atomic E-state index is -0.830. The number of halogens is 1. The molecule has 132 valence electrons. The van der Waals surface area contributed by atoms with Crippen molar-refractivity contribution in [1.82, 2.24) is 4.98 Å². The van der Waals surface area contributed by atoms with Crippen molar-refractivity contribution >= 4 is 17.8 Å². The number of Topliss-reactive ketones (excluding diaryl/α,β-unsaturated/α-hetero) is 1. The van der Waals surface area contributed by atoms with E-state index in [0.717, 1.165) is 5.56 Å². The average molecular weight is 361 g/mol. The summed E-state index contributed by atoms with van der Waals surface area (Å²) in [5.41, 5.74) is 0.905.